The Morgan fingerprint density at radius 2 is 1.75 bits per heavy atom. The van der Waals surface area contributed by atoms with Crippen LogP contribution in [0, 0.1) is 0 Å². The molecule has 84 valence electrons. The Morgan fingerprint density at radius 3 is 2.56 bits per heavy atom. The normalized spacial score (nSPS) is 44.9. The molecule has 3 fully saturated rings. The molecular formula is C12H12O4. The van der Waals surface area contributed by atoms with E-state index in [1.165, 1.54) is 0 Å². The summed E-state index contributed by atoms with van der Waals surface area (Å²) in [6.07, 6.45) is -0.493. The van der Waals surface area contributed by atoms with Crippen molar-refractivity contribution in [3.05, 3.63) is 35.9 Å². The molecule has 1 aromatic rings. The van der Waals surface area contributed by atoms with Crippen LogP contribution in [0.15, 0.2) is 30.3 Å². The Hall–Kier alpha value is -0.940. The number of ether oxygens (including phenoxy) is 4. The van der Waals surface area contributed by atoms with Crippen molar-refractivity contribution in [2.45, 2.75) is 30.9 Å². The minimum Gasteiger partial charge on any atom is -0.347 e. The summed E-state index contributed by atoms with van der Waals surface area (Å²) in [4.78, 5) is 0. The van der Waals surface area contributed by atoms with Gasteiger partial charge in [0, 0.05) is 5.56 Å². The molecule has 0 aliphatic carbocycles. The maximum Gasteiger partial charge on any atom is 0.187 e. The fourth-order valence-electron chi connectivity index (χ4n) is 2.54. The van der Waals surface area contributed by atoms with Gasteiger partial charge in [-0.15, -0.1) is 0 Å². The minimum atomic E-state index is -0.271. The second-order valence-corrected chi connectivity index (χ2v) is 4.32. The van der Waals surface area contributed by atoms with Gasteiger partial charge in [0.1, 0.15) is 18.3 Å². The highest BCUT2D eigenvalue weighted by molar-refractivity contribution is 5.17. The first-order chi connectivity index (χ1) is 7.92. The van der Waals surface area contributed by atoms with E-state index < -0.39 is 0 Å². The number of hydrogen-bond donors (Lipinski definition) is 0. The van der Waals surface area contributed by atoms with E-state index in [2.05, 4.69) is 0 Å². The zero-order valence-electron chi connectivity index (χ0n) is 8.61. The highest BCUT2D eigenvalue weighted by atomic mass is 16.8. The van der Waals surface area contributed by atoms with Gasteiger partial charge in [-0.25, -0.2) is 0 Å². The number of fused-ring (bicyclic) bond motifs is 5. The Bertz CT molecular complexity index is 375. The largest absolute Gasteiger partial charge is 0.347 e. The highest BCUT2D eigenvalue weighted by Crippen LogP contribution is 2.43. The molecular weight excluding hydrogens is 208 g/mol. The summed E-state index contributed by atoms with van der Waals surface area (Å²) < 4.78 is 22.7. The fraction of sp³-hybridized carbons (Fsp3) is 0.500. The van der Waals surface area contributed by atoms with Crippen molar-refractivity contribution < 1.29 is 18.9 Å². The number of benzene rings is 1. The Balaban J connectivity index is 1.59. The molecule has 0 amide bonds. The topological polar surface area (TPSA) is 36.9 Å². The van der Waals surface area contributed by atoms with Crippen molar-refractivity contribution in [3.63, 3.8) is 0 Å². The van der Waals surface area contributed by atoms with Crippen LogP contribution in [-0.2, 0) is 18.9 Å². The van der Waals surface area contributed by atoms with Crippen LogP contribution in [-0.4, -0.2) is 31.2 Å². The van der Waals surface area contributed by atoms with Gasteiger partial charge >= 0.3 is 0 Å². The summed E-state index contributed by atoms with van der Waals surface area (Å²) in [5, 5.41) is 0. The average Bonchev–Trinajstić information content (AvgIpc) is 3.02. The van der Waals surface area contributed by atoms with Crippen LogP contribution in [0.5, 0.6) is 0 Å². The molecule has 2 bridgehead atoms. The van der Waals surface area contributed by atoms with E-state index in [1.807, 2.05) is 30.3 Å². The van der Waals surface area contributed by atoms with E-state index in [0.29, 0.717) is 6.61 Å². The number of rotatable bonds is 1. The molecule has 0 radical (unpaired) electrons. The van der Waals surface area contributed by atoms with Gasteiger partial charge in [0.25, 0.3) is 0 Å². The van der Waals surface area contributed by atoms with E-state index in [4.69, 9.17) is 18.9 Å². The summed E-state index contributed by atoms with van der Waals surface area (Å²) in [5.41, 5.74) is 1.05. The molecule has 1 aromatic carbocycles. The van der Waals surface area contributed by atoms with Crippen molar-refractivity contribution in [2.24, 2.45) is 0 Å². The van der Waals surface area contributed by atoms with Crippen LogP contribution < -0.4 is 0 Å². The molecule has 5 atom stereocenters. The first-order valence-electron chi connectivity index (χ1n) is 5.55. The molecule has 0 N–H and O–H groups in total. The van der Waals surface area contributed by atoms with Gasteiger partial charge in [-0.1, -0.05) is 30.3 Å². The molecule has 0 saturated carbocycles. The predicted molar refractivity (Wildman–Crippen MR) is 53.5 cm³/mol. The van der Waals surface area contributed by atoms with Gasteiger partial charge < -0.3 is 18.9 Å². The van der Waals surface area contributed by atoms with Crippen LogP contribution in [0.3, 0.4) is 0 Å². The third-order valence-electron chi connectivity index (χ3n) is 3.33. The summed E-state index contributed by atoms with van der Waals surface area (Å²) in [6.45, 7) is 0.622. The van der Waals surface area contributed by atoms with Gasteiger partial charge in [0.05, 0.1) is 6.61 Å². The molecule has 3 heterocycles. The molecule has 4 nitrogen and oxygen atoms in total. The quantitative estimate of drug-likeness (QED) is 0.713. The fourth-order valence-corrected chi connectivity index (χ4v) is 2.54. The van der Waals surface area contributed by atoms with Crippen molar-refractivity contribution in [3.8, 4) is 0 Å². The molecule has 16 heavy (non-hydrogen) atoms. The van der Waals surface area contributed by atoms with Gasteiger partial charge in [0.15, 0.2) is 12.6 Å². The van der Waals surface area contributed by atoms with E-state index in [0.717, 1.165) is 5.56 Å². The van der Waals surface area contributed by atoms with Crippen LogP contribution in [0.25, 0.3) is 0 Å². The lowest BCUT2D eigenvalue weighted by atomic mass is 10.1. The second-order valence-electron chi connectivity index (χ2n) is 4.32. The lowest BCUT2D eigenvalue weighted by Crippen LogP contribution is -2.37. The molecule has 3 saturated heterocycles. The summed E-state index contributed by atoms with van der Waals surface area (Å²) >= 11 is 0. The summed E-state index contributed by atoms with van der Waals surface area (Å²) in [6, 6.07) is 9.97. The van der Waals surface area contributed by atoms with E-state index in [9.17, 15) is 0 Å². The van der Waals surface area contributed by atoms with Crippen LogP contribution >= 0.6 is 0 Å². The molecule has 3 aliphatic heterocycles. The van der Waals surface area contributed by atoms with Crippen LogP contribution in [0.1, 0.15) is 11.9 Å². The Kier molecular flexibility index (Phi) is 1.87. The smallest absolute Gasteiger partial charge is 0.187 e. The lowest BCUT2D eigenvalue weighted by molar-refractivity contribution is -0.147. The van der Waals surface area contributed by atoms with Gasteiger partial charge in [-0.2, -0.15) is 0 Å². The molecule has 4 rings (SSSR count). The van der Waals surface area contributed by atoms with Gasteiger partial charge in [-0.3, -0.25) is 0 Å². The molecule has 3 aliphatic rings. The summed E-state index contributed by atoms with van der Waals surface area (Å²) in [5.74, 6) is 0. The Morgan fingerprint density at radius 1 is 0.938 bits per heavy atom. The lowest BCUT2D eigenvalue weighted by Gasteiger charge is -2.17. The van der Waals surface area contributed by atoms with Gasteiger partial charge in [-0.05, 0) is 0 Å². The van der Waals surface area contributed by atoms with E-state index in [-0.39, 0.29) is 30.9 Å². The predicted octanol–water partition coefficient (Wildman–Crippen LogP) is 1.22. The number of hydrogen-bond acceptors (Lipinski definition) is 4. The molecule has 0 spiro atoms. The molecule has 0 aromatic heterocycles. The zero-order valence-corrected chi connectivity index (χ0v) is 8.61. The van der Waals surface area contributed by atoms with Gasteiger partial charge in [0.2, 0.25) is 0 Å². The van der Waals surface area contributed by atoms with E-state index >= 15 is 0 Å². The standard InChI is InChI=1S/C12H12O4/c1-2-4-7(5-3-1)11-15-9-8-6-13-12(14-8)10(9)16-11/h1-5,8-12H,6H2/t8-,9-,10+,11-,12+/m0/s1. The Labute approximate surface area is 93.1 Å². The van der Waals surface area contributed by atoms with Crippen molar-refractivity contribution in [1.29, 1.82) is 0 Å². The maximum atomic E-state index is 5.88. The van der Waals surface area contributed by atoms with E-state index in [1.54, 1.807) is 0 Å². The molecule has 0 unspecified atom stereocenters. The zero-order chi connectivity index (χ0) is 10.5. The van der Waals surface area contributed by atoms with Crippen molar-refractivity contribution >= 4 is 0 Å². The minimum absolute atomic E-state index is 0.0314. The van der Waals surface area contributed by atoms with Crippen molar-refractivity contribution in [2.75, 3.05) is 6.61 Å². The average molecular weight is 220 g/mol. The highest BCUT2D eigenvalue weighted by Gasteiger charge is 2.57. The van der Waals surface area contributed by atoms with Crippen molar-refractivity contribution in [1.82, 2.24) is 0 Å². The third kappa shape index (κ3) is 1.18. The van der Waals surface area contributed by atoms with Crippen LogP contribution in [0.2, 0.25) is 0 Å². The maximum absolute atomic E-state index is 5.88. The monoisotopic (exact) mass is 220 g/mol. The first kappa shape index (κ1) is 9.13. The second kappa shape index (κ2) is 3.28. The SMILES string of the molecule is c1ccc([C@H]2O[C@@H]3[C@@H](O2)[C@@H]2OC[C@@H]3O2)cc1. The third-order valence-corrected chi connectivity index (χ3v) is 3.33. The summed E-state index contributed by atoms with van der Waals surface area (Å²) in [7, 11) is 0. The molecule has 4 heteroatoms. The van der Waals surface area contributed by atoms with Crippen LogP contribution in [0.4, 0.5) is 0 Å². The first-order valence-corrected chi connectivity index (χ1v) is 5.55.